The van der Waals surface area contributed by atoms with Crippen LogP contribution in [-0.2, 0) is 5.11 Å². The molecular weight excluding hydrogens is 385 g/mol. The van der Waals surface area contributed by atoms with Crippen molar-refractivity contribution in [3.63, 3.8) is 0 Å². The molecule has 0 saturated heterocycles. The molecule has 0 N–H and O–H groups in total. The molecule has 8 radical (unpaired) electrons. The topological polar surface area (TPSA) is 25.5 Å². The standard InChI is InChI=1S/C23H18B4ClNO/c1-13(2)22(15-4-7-17(24)8-5-15)29-14(3)20-10-11-21(30-20)16-6-9-18(19(28)12-16)23(25,26)27/h4-12H,1-3H3. The summed E-state index contributed by atoms with van der Waals surface area (Å²) < 4.78 is 6.02. The maximum absolute atomic E-state index is 6.30. The second-order valence-corrected chi connectivity index (χ2v) is 7.87. The first kappa shape index (κ1) is 22.4. The third kappa shape index (κ3) is 5.05. The lowest BCUT2D eigenvalue weighted by molar-refractivity contribution is 0.572. The molecule has 0 spiro atoms. The minimum absolute atomic E-state index is 0.374. The SMILES string of the molecule is [B]c1ccc(C(N=C(C)c2ccc(-c3ccc(C([B])([B])[B])c(Cl)c3)o2)=C(C)C)cc1. The molecule has 0 aliphatic carbocycles. The second-order valence-electron chi connectivity index (χ2n) is 7.46. The number of hydrogen-bond acceptors (Lipinski definition) is 2. The number of furan rings is 1. The highest BCUT2D eigenvalue weighted by Crippen LogP contribution is 2.31. The molecule has 2 nitrogen and oxygen atoms in total. The van der Waals surface area contributed by atoms with Crippen molar-refractivity contribution in [3.05, 3.63) is 82.1 Å². The molecule has 140 valence electrons. The number of aliphatic imine (C=N–C) groups is 1. The Kier molecular flexibility index (Phi) is 6.57. The number of nitrogens with zero attached hydrogens (tertiary/aromatic N) is 1. The number of benzene rings is 2. The average Bonchev–Trinajstić information content (AvgIpc) is 3.16. The Labute approximate surface area is 188 Å². The van der Waals surface area contributed by atoms with Gasteiger partial charge in [0.15, 0.2) is 0 Å². The molecule has 0 unspecified atom stereocenters. The van der Waals surface area contributed by atoms with E-state index in [0.29, 0.717) is 27.6 Å². The fourth-order valence-electron chi connectivity index (χ4n) is 3.04. The normalized spacial score (nSPS) is 12.1. The Morgan fingerprint density at radius 3 is 2.17 bits per heavy atom. The Morgan fingerprint density at radius 2 is 1.60 bits per heavy atom. The molecule has 0 aliphatic rings. The second kappa shape index (κ2) is 8.81. The Bertz CT molecular complexity index is 1120. The number of rotatable bonds is 5. The molecule has 0 aliphatic heterocycles. The van der Waals surface area contributed by atoms with Crippen molar-refractivity contribution in [2.45, 2.75) is 25.9 Å². The quantitative estimate of drug-likeness (QED) is 0.462. The van der Waals surface area contributed by atoms with Crippen LogP contribution in [0.4, 0.5) is 0 Å². The van der Waals surface area contributed by atoms with E-state index in [9.17, 15) is 0 Å². The van der Waals surface area contributed by atoms with Gasteiger partial charge >= 0.3 is 0 Å². The van der Waals surface area contributed by atoms with E-state index < -0.39 is 5.11 Å². The largest absolute Gasteiger partial charge is 0.455 e. The molecule has 0 atom stereocenters. The van der Waals surface area contributed by atoms with Gasteiger partial charge in [-0.05, 0) is 50.1 Å². The lowest BCUT2D eigenvalue weighted by Gasteiger charge is -2.22. The fraction of sp³-hybridized carbons (Fsp3) is 0.174. The lowest BCUT2D eigenvalue weighted by atomic mass is 9.40. The van der Waals surface area contributed by atoms with Crippen molar-refractivity contribution in [1.29, 1.82) is 0 Å². The fourth-order valence-corrected chi connectivity index (χ4v) is 3.38. The van der Waals surface area contributed by atoms with Gasteiger partial charge in [0.1, 0.15) is 19.4 Å². The molecule has 7 heteroatoms. The van der Waals surface area contributed by atoms with Crippen molar-refractivity contribution in [2.75, 3.05) is 0 Å². The highest BCUT2D eigenvalue weighted by Gasteiger charge is 2.17. The monoisotopic (exact) mass is 403 g/mol. The average molecular weight is 403 g/mol. The Balaban J connectivity index is 1.92. The molecule has 1 heterocycles. The lowest BCUT2D eigenvalue weighted by Crippen LogP contribution is -2.27. The van der Waals surface area contributed by atoms with Crippen LogP contribution >= 0.6 is 11.6 Å². The highest BCUT2D eigenvalue weighted by atomic mass is 35.5. The van der Waals surface area contributed by atoms with E-state index in [1.54, 1.807) is 12.1 Å². The molecular formula is C23H18B4ClNO. The first-order valence-corrected chi connectivity index (χ1v) is 9.80. The van der Waals surface area contributed by atoms with E-state index in [1.165, 1.54) is 0 Å². The molecule has 0 saturated carbocycles. The van der Waals surface area contributed by atoms with Crippen molar-refractivity contribution in [2.24, 2.45) is 4.99 Å². The van der Waals surface area contributed by atoms with Gasteiger partial charge in [-0.15, -0.1) is 5.11 Å². The van der Waals surface area contributed by atoms with Crippen LogP contribution < -0.4 is 5.46 Å². The van der Waals surface area contributed by atoms with E-state index in [2.05, 4.69) is 0 Å². The Morgan fingerprint density at radius 1 is 0.933 bits per heavy atom. The van der Waals surface area contributed by atoms with Crippen LogP contribution in [0.15, 0.2) is 69.6 Å². The van der Waals surface area contributed by atoms with Crippen LogP contribution in [0.3, 0.4) is 0 Å². The van der Waals surface area contributed by atoms with Gasteiger partial charge in [0.2, 0.25) is 0 Å². The third-order valence-electron chi connectivity index (χ3n) is 4.62. The Hall–Kier alpha value is -2.32. The first-order chi connectivity index (χ1) is 14.1. The van der Waals surface area contributed by atoms with Crippen molar-refractivity contribution < 1.29 is 4.42 Å². The van der Waals surface area contributed by atoms with Gasteiger partial charge in [0, 0.05) is 10.6 Å². The summed E-state index contributed by atoms with van der Waals surface area (Å²) >= 11 is 6.30. The third-order valence-corrected chi connectivity index (χ3v) is 4.93. The van der Waals surface area contributed by atoms with Crippen LogP contribution in [0.2, 0.25) is 5.02 Å². The van der Waals surface area contributed by atoms with Gasteiger partial charge in [-0.25, -0.2) is 4.99 Å². The highest BCUT2D eigenvalue weighted by molar-refractivity contribution is 6.59. The van der Waals surface area contributed by atoms with Crippen LogP contribution in [0.5, 0.6) is 0 Å². The summed E-state index contributed by atoms with van der Waals surface area (Å²) in [6.07, 6.45) is 0. The summed E-state index contributed by atoms with van der Waals surface area (Å²) in [6, 6.07) is 16.6. The molecule has 3 aromatic rings. The summed E-state index contributed by atoms with van der Waals surface area (Å²) in [5, 5.41) is -1.13. The van der Waals surface area contributed by atoms with E-state index in [0.717, 1.165) is 28.1 Å². The molecule has 30 heavy (non-hydrogen) atoms. The van der Waals surface area contributed by atoms with Crippen LogP contribution in [-0.4, -0.2) is 37.1 Å². The summed E-state index contributed by atoms with van der Waals surface area (Å²) in [4.78, 5) is 4.80. The van der Waals surface area contributed by atoms with Gasteiger partial charge in [0.25, 0.3) is 0 Å². The van der Waals surface area contributed by atoms with E-state index in [4.69, 9.17) is 52.4 Å². The van der Waals surface area contributed by atoms with Crippen LogP contribution in [0, 0.1) is 0 Å². The summed E-state index contributed by atoms with van der Waals surface area (Å²) in [5.41, 5.74) is 5.66. The zero-order chi connectivity index (χ0) is 22.1. The van der Waals surface area contributed by atoms with Crippen molar-refractivity contribution >= 4 is 59.9 Å². The van der Waals surface area contributed by atoms with E-state index >= 15 is 0 Å². The molecule has 3 rings (SSSR count). The minimum atomic E-state index is -1.50. The van der Waals surface area contributed by atoms with Gasteiger partial charge in [0.05, 0.1) is 34.9 Å². The molecule has 0 bridgehead atoms. The smallest absolute Gasteiger partial charge is 0.148 e. The molecule has 2 aromatic carbocycles. The zero-order valence-electron chi connectivity index (χ0n) is 17.2. The van der Waals surface area contributed by atoms with Crippen LogP contribution in [0.1, 0.15) is 37.7 Å². The van der Waals surface area contributed by atoms with Gasteiger partial charge < -0.3 is 4.42 Å². The number of allylic oxidation sites excluding steroid dienone is 1. The number of hydrogen-bond donors (Lipinski definition) is 0. The van der Waals surface area contributed by atoms with Crippen molar-refractivity contribution in [3.8, 4) is 11.3 Å². The van der Waals surface area contributed by atoms with E-state index in [-0.39, 0.29) is 0 Å². The van der Waals surface area contributed by atoms with Gasteiger partial charge in [-0.2, -0.15) is 0 Å². The molecule has 0 amide bonds. The maximum Gasteiger partial charge on any atom is 0.148 e. The predicted molar refractivity (Wildman–Crippen MR) is 130 cm³/mol. The zero-order valence-corrected chi connectivity index (χ0v) is 18.0. The molecule has 0 fully saturated rings. The minimum Gasteiger partial charge on any atom is -0.455 e. The van der Waals surface area contributed by atoms with Gasteiger partial charge in [-0.3, -0.25) is 0 Å². The van der Waals surface area contributed by atoms with Crippen LogP contribution in [0.25, 0.3) is 17.0 Å². The van der Waals surface area contributed by atoms with Crippen molar-refractivity contribution in [1.82, 2.24) is 0 Å². The predicted octanol–water partition coefficient (Wildman–Crippen LogP) is 4.27. The summed E-state index contributed by atoms with van der Waals surface area (Å²) in [7, 11) is 23.0. The first-order valence-electron chi connectivity index (χ1n) is 9.42. The van der Waals surface area contributed by atoms with E-state index in [1.807, 2.05) is 63.2 Å². The van der Waals surface area contributed by atoms with Gasteiger partial charge in [-0.1, -0.05) is 59.0 Å². The molecule has 1 aromatic heterocycles. The number of halogens is 1. The summed E-state index contributed by atoms with van der Waals surface area (Å²) in [5.74, 6) is 1.31. The summed E-state index contributed by atoms with van der Waals surface area (Å²) in [6.45, 7) is 5.95. The maximum atomic E-state index is 6.30.